The largest absolute Gasteiger partial charge is 0.340 e. The molecule has 1 unspecified atom stereocenters. The molecule has 0 spiro atoms. The van der Waals surface area contributed by atoms with Crippen molar-refractivity contribution in [2.24, 2.45) is 5.92 Å². The van der Waals surface area contributed by atoms with E-state index in [4.69, 9.17) is 4.98 Å². The van der Waals surface area contributed by atoms with Crippen LogP contribution in [0.3, 0.4) is 0 Å². The van der Waals surface area contributed by atoms with Crippen molar-refractivity contribution < 1.29 is 9.59 Å². The van der Waals surface area contributed by atoms with Crippen LogP contribution in [0.4, 0.5) is 0 Å². The van der Waals surface area contributed by atoms with Crippen molar-refractivity contribution in [2.45, 2.75) is 26.4 Å². The fourth-order valence-corrected chi connectivity index (χ4v) is 5.58. The number of aromatic nitrogens is 1. The monoisotopic (exact) mass is 448 g/mol. The molecule has 1 atom stereocenters. The molecule has 6 nitrogen and oxygen atoms in total. The lowest BCUT2D eigenvalue weighted by molar-refractivity contribution is -0.137. The van der Waals surface area contributed by atoms with Crippen molar-refractivity contribution in [3.05, 3.63) is 64.7 Å². The number of amides is 2. The van der Waals surface area contributed by atoms with E-state index in [1.54, 1.807) is 11.3 Å². The number of benzene rings is 2. The second kappa shape index (κ2) is 9.00. The van der Waals surface area contributed by atoms with Crippen molar-refractivity contribution in [1.29, 1.82) is 0 Å². The summed E-state index contributed by atoms with van der Waals surface area (Å²) < 4.78 is 1.22. The third-order valence-corrected chi connectivity index (χ3v) is 7.46. The molecular weight excluding hydrogens is 420 g/mol. The molecule has 32 heavy (non-hydrogen) atoms. The highest BCUT2D eigenvalue weighted by Crippen LogP contribution is 2.25. The number of aryl methyl sites for hydroxylation is 1. The Balaban J connectivity index is 1.13. The van der Waals surface area contributed by atoms with E-state index in [1.165, 1.54) is 10.3 Å². The van der Waals surface area contributed by atoms with Crippen molar-refractivity contribution in [2.75, 3.05) is 32.7 Å². The van der Waals surface area contributed by atoms with Crippen LogP contribution in [0.2, 0.25) is 0 Å². The first-order valence-corrected chi connectivity index (χ1v) is 12.1. The van der Waals surface area contributed by atoms with Crippen molar-refractivity contribution in [3.63, 3.8) is 0 Å². The third kappa shape index (κ3) is 4.54. The van der Waals surface area contributed by atoms with Gasteiger partial charge in [0.1, 0.15) is 5.01 Å². The predicted molar refractivity (Wildman–Crippen MR) is 126 cm³/mol. The molecule has 7 heteroatoms. The molecule has 2 fully saturated rings. The average molecular weight is 449 g/mol. The van der Waals surface area contributed by atoms with Gasteiger partial charge in [0.05, 0.1) is 22.7 Å². The lowest BCUT2D eigenvalue weighted by atomic mass is 10.1. The second-order valence-electron chi connectivity index (χ2n) is 8.84. The summed E-state index contributed by atoms with van der Waals surface area (Å²) in [5.74, 6) is -0.00782. The minimum absolute atomic E-state index is 0.0818. The maximum absolute atomic E-state index is 13.1. The number of piperazine rings is 1. The van der Waals surface area contributed by atoms with Crippen LogP contribution in [0, 0.1) is 12.8 Å². The van der Waals surface area contributed by atoms with Crippen LogP contribution >= 0.6 is 11.3 Å². The highest BCUT2D eigenvalue weighted by molar-refractivity contribution is 7.18. The first-order chi connectivity index (χ1) is 15.5. The van der Waals surface area contributed by atoms with E-state index in [0.29, 0.717) is 32.6 Å². The summed E-state index contributed by atoms with van der Waals surface area (Å²) in [5, 5.41) is 1.12. The topological polar surface area (TPSA) is 56.8 Å². The van der Waals surface area contributed by atoms with E-state index in [-0.39, 0.29) is 17.7 Å². The highest BCUT2D eigenvalue weighted by atomic mass is 32.1. The Hall–Kier alpha value is -2.77. The maximum Gasteiger partial charge on any atom is 0.228 e. The van der Waals surface area contributed by atoms with E-state index < -0.39 is 0 Å². The summed E-state index contributed by atoms with van der Waals surface area (Å²) in [6.07, 6.45) is 0.330. The van der Waals surface area contributed by atoms with Gasteiger partial charge in [0, 0.05) is 45.7 Å². The molecule has 2 saturated heterocycles. The van der Waals surface area contributed by atoms with Crippen LogP contribution in [0.1, 0.15) is 22.6 Å². The van der Waals surface area contributed by atoms with Crippen LogP contribution in [-0.2, 0) is 22.7 Å². The van der Waals surface area contributed by atoms with E-state index in [0.717, 1.165) is 35.7 Å². The number of nitrogens with zero attached hydrogens (tertiary/aromatic N) is 4. The van der Waals surface area contributed by atoms with E-state index in [2.05, 4.69) is 48.2 Å². The van der Waals surface area contributed by atoms with Gasteiger partial charge in [-0.1, -0.05) is 42.0 Å². The first kappa shape index (κ1) is 21.1. The van der Waals surface area contributed by atoms with Gasteiger partial charge in [0.15, 0.2) is 0 Å². The number of carbonyl (C=O) groups is 2. The number of hydrogen-bond acceptors (Lipinski definition) is 5. The Kier molecular flexibility index (Phi) is 5.93. The van der Waals surface area contributed by atoms with Gasteiger partial charge in [0.25, 0.3) is 0 Å². The fraction of sp³-hybridized carbons (Fsp3) is 0.400. The van der Waals surface area contributed by atoms with E-state index >= 15 is 0 Å². The number of thiazole rings is 1. The van der Waals surface area contributed by atoms with Gasteiger partial charge >= 0.3 is 0 Å². The summed E-state index contributed by atoms with van der Waals surface area (Å²) in [7, 11) is 0. The molecule has 0 saturated carbocycles. The van der Waals surface area contributed by atoms with Crippen molar-refractivity contribution in [1.82, 2.24) is 19.7 Å². The Labute approximate surface area is 192 Å². The minimum atomic E-state index is -0.219. The molecule has 0 bridgehead atoms. The summed E-state index contributed by atoms with van der Waals surface area (Å²) >= 11 is 1.74. The van der Waals surface area contributed by atoms with Gasteiger partial charge in [-0.15, -0.1) is 11.3 Å². The fourth-order valence-electron chi connectivity index (χ4n) is 4.57. The molecule has 2 aromatic carbocycles. The molecule has 3 aromatic rings. The van der Waals surface area contributed by atoms with Gasteiger partial charge in [-0.2, -0.15) is 0 Å². The van der Waals surface area contributed by atoms with Crippen LogP contribution in [-0.4, -0.2) is 64.2 Å². The summed E-state index contributed by atoms with van der Waals surface area (Å²) in [6.45, 7) is 7.10. The quantitative estimate of drug-likeness (QED) is 0.601. The molecule has 166 valence electrons. The minimum Gasteiger partial charge on any atom is -0.340 e. The van der Waals surface area contributed by atoms with Gasteiger partial charge < -0.3 is 9.80 Å². The van der Waals surface area contributed by atoms with E-state index in [9.17, 15) is 9.59 Å². The van der Waals surface area contributed by atoms with E-state index in [1.807, 2.05) is 21.9 Å². The Morgan fingerprint density at radius 1 is 1.03 bits per heavy atom. The zero-order valence-corrected chi connectivity index (χ0v) is 19.2. The van der Waals surface area contributed by atoms with Gasteiger partial charge in [0.2, 0.25) is 11.8 Å². The number of rotatable bonds is 5. The summed E-state index contributed by atoms with van der Waals surface area (Å²) in [4.78, 5) is 36.5. The molecule has 2 aliphatic rings. The Bertz CT molecular complexity index is 1090. The standard InChI is InChI=1S/C25H28N4O2S/c1-18-6-8-19(9-7-18)15-29-16-20(14-24(29)30)25(31)28-12-10-27(11-13-28)17-23-26-21-4-2-3-5-22(21)32-23/h2-9,20H,10-17H2,1H3. The number of hydrogen-bond donors (Lipinski definition) is 0. The average Bonchev–Trinajstić information content (AvgIpc) is 3.38. The lowest BCUT2D eigenvalue weighted by Crippen LogP contribution is -2.50. The zero-order chi connectivity index (χ0) is 22.1. The third-order valence-electron chi connectivity index (χ3n) is 6.44. The normalized spacial score (nSPS) is 19.8. The molecule has 5 rings (SSSR count). The SMILES string of the molecule is Cc1ccc(CN2CC(C(=O)N3CCN(Cc4nc5ccccc5s4)CC3)CC2=O)cc1. The Morgan fingerprint density at radius 2 is 1.78 bits per heavy atom. The number of carbonyl (C=O) groups excluding carboxylic acids is 2. The molecule has 2 amide bonds. The molecule has 3 heterocycles. The zero-order valence-electron chi connectivity index (χ0n) is 18.4. The van der Waals surface area contributed by atoms with Crippen LogP contribution in [0.15, 0.2) is 48.5 Å². The van der Waals surface area contributed by atoms with Gasteiger partial charge in [-0.25, -0.2) is 4.98 Å². The van der Waals surface area contributed by atoms with Crippen LogP contribution in [0.5, 0.6) is 0 Å². The summed E-state index contributed by atoms with van der Waals surface area (Å²) in [6, 6.07) is 16.5. The smallest absolute Gasteiger partial charge is 0.228 e. The lowest BCUT2D eigenvalue weighted by Gasteiger charge is -2.35. The van der Waals surface area contributed by atoms with Crippen molar-refractivity contribution >= 4 is 33.4 Å². The molecule has 2 aliphatic heterocycles. The van der Waals surface area contributed by atoms with Crippen LogP contribution in [0.25, 0.3) is 10.2 Å². The first-order valence-electron chi connectivity index (χ1n) is 11.2. The molecule has 0 N–H and O–H groups in total. The van der Waals surface area contributed by atoms with Gasteiger partial charge in [-0.05, 0) is 24.6 Å². The molecule has 0 radical (unpaired) electrons. The number of likely N-dealkylation sites (tertiary alicyclic amines) is 1. The highest BCUT2D eigenvalue weighted by Gasteiger charge is 2.37. The Morgan fingerprint density at radius 3 is 2.53 bits per heavy atom. The maximum atomic E-state index is 13.1. The molecule has 1 aromatic heterocycles. The summed E-state index contributed by atoms with van der Waals surface area (Å²) in [5.41, 5.74) is 3.37. The number of para-hydroxylation sites is 1. The molecule has 0 aliphatic carbocycles. The number of fused-ring (bicyclic) bond motifs is 1. The molecular formula is C25H28N4O2S. The van der Waals surface area contributed by atoms with Crippen molar-refractivity contribution in [3.8, 4) is 0 Å². The predicted octanol–water partition coefficient (Wildman–Crippen LogP) is 3.30. The second-order valence-corrected chi connectivity index (χ2v) is 9.95. The van der Waals surface area contributed by atoms with Crippen LogP contribution < -0.4 is 0 Å². The van der Waals surface area contributed by atoms with Gasteiger partial charge in [-0.3, -0.25) is 14.5 Å².